The lowest BCUT2D eigenvalue weighted by atomic mass is 10.1. The summed E-state index contributed by atoms with van der Waals surface area (Å²) in [5.74, 6) is -0.878. The predicted molar refractivity (Wildman–Crippen MR) is 266 cm³/mol. The molecule has 0 saturated heterocycles. The molecule has 0 aromatic rings. The highest BCUT2D eigenvalue weighted by Crippen LogP contribution is 2.15. The molecule has 62 heavy (non-hydrogen) atoms. The molecule has 0 heterocycles. The van der Waals surface area contributed by atoms with Crippen molar-refractivity contribution in [3.8, 4) is 0 Å². The molecule has 0 aromatic heterocycles. The molecule has 1 atom stereocenters. The van der Waals surface area contributed by atoms with Crippen molar-refractivity contribution in [1.82, 2.24) is 0 Å². The summed E-state index contributed by atoms with van der Waals surface area (Å²) >= 11 is 0. The zero-order valence-corrected chi connectivity index (χ0v) is 41.4. The normalized spacial score (nSPS) is 12.2. The molecule has 0 aromatic carbocycles. The fourth-order valence-electron chi connectivity index (χ4n) is 7.76. The van der Waals surface area contributed by atoms with Gasteiger partial charge in [0.1, 0.15) is 13.2 Å². The molecule has 1 unspecified atom stereocenters. The van der Waals surface area contributed by atoms with Crippen LogP contribution in [-0.4, -0.2) is 37.2 Å². The molecule has 0 spiro atoms. The molecule has 362 valence electrons. The second-order valence-corrected chi connectivity index (χ2v) is 18.1. The minimum Gasteiger partial charge on any atom is -0.462 e. The topological polar surface area (TPSA) is 78.9 Å². The monoisotopic (exact) mass is 871 g/mol. The number of hydrogen-bond acceptors (Lipinski definition) is 6. The van der Waals surface area contributed by atoms with Gasteiger partial charge in [-0.2, -0.15) is 0 Å². The molecule has 0 bridgehead atoms. The highest BCUT2D eigenvalue weighted by atomic mass is 16.6. The van der Waals surface area contributed by atoms with Crippen LogP contribution in [0.1, 0.15) is 284 Å². The molecule has 0 aliphatic carbocycles. The molecule has 0 saturated carbocycles. The van der Waals surface area contributed by atoms with E-state index in [1.807, 2.05) is 0 Å². The number of allylic oxidation sites excluding steroid dienone is 6. The summed E-state index contributed by atoms with van der Waals surface area (Å²) in [5.41, 5.74) is 0. The van der Waals surface area contributed by atoms with Crippen molar-refractivity contribution in [3.63, 3.8) is 0 Å². The lowest BCUT2D eigenvalue weighted by Crippen LogP contribution is -2.30. The van der Waals surface area contributed by atoms with Crippen molar-refractivity contribution in [3.05, 3.63) is 36.5 Å². The Morgan fingerprint density at radius 3 is 0.935 bits per heavy atom. The maximum absolute atomic E-state index is 12.8. The van der Waals surface area contributed by atoms with E-state index in [2.05, 4.69) is 57.2 Å². The minimum absolute atomic E-state index is 0.0727. The Labute approximate surface area is 385 Å². The Morgan fingerprint density at radius 1 is 0.323 bits per heavy atom. The van der Waals surface area contributed by atoms with E-state index in [1.54, 1.807) is 0 Å². The highest BCUT2D eigenvalue weighted by molar-refractivity contribution is 5.71. The predicted octanol–water partition coefficient (Wildman–Crippen LogP) is 17.7. The zero-order valence-electron chi connectivity index (χ0n) is 41.4. The van der Waals surface area contributed by atoms with E-state index < -0.39 is 6.10 Å². The SMILES string of the molecule is CCCCC/C=C\C/C=C\CCCCCCCCCCCC(=O)OCC(COC(=O)CCCCCCCC)OC(=O)CCCCCCCCCCC/C=C\CCCCCCCC. The maximum atomic E-state index is 12.8. The fraction of sp³-hybridized carbons (Fsp3) is 0.839. The zero-order chi connectivity index (χ0) is 45.1. The van der Waals surface area contributed by atoms with Crippen molar-refractivity contribution < 1.29 is 28.6 Å². The van der Waals surface area contributed by atoms with Crippen LogP contribution in [0.3, 0.4) is 0 Å². The maximum Gasteiger partial charge on any atom is 0.306 e. The molecule has 0 N–H and O–H groups in total. The number of ether oxygens (including phenoxy) is 3. The third kappa shape index (κ3) is 48.7. The first kappa shape index (κ1) is 59.6. The van der Waals surface area contributed by atoms with Crippen molar-refractivity contribution >= 4 is 17.9 Å². The van der Waals surface area contributed by atoms with Crippen molar-refractivity contribution in [2.75, 3.05) is 13.2 Å². The molecular formula is C56H102O6. The van der Waals surface area contributed by atoms with E-state index in [9.17, 15) is 14.4 Å². The Morgan fingerprint density at radius 2 is 0.581 bits per heavy atom. The van der Waals surface area contributed by atoms with Crippen LogP contribution in [0.25, 0.3) is 0 Å². The summed E-state index contributed by atoms with van der Waals surface area (Å²) in [6.45, 7) is 6.57. The third-order valence-corrected chi connectivity index (χ3v) is 11.9. The lowest BCUT2D eigenvalue weighted by molar-refractivity contribution is -0.167. The largest absolute Gasteiger partial charge is 0.462 e. The van der Waals surface area contributed by atoms with Gasteiger partial charge in [-0.05, 0) is 77.0 Å². The van der Waals surface area contributed by atoms with E-state index in [1.165, 1.54) is 180 Å². The van der Waals surface area contributed by atoms with Gasteiger partial charge in [-0.25, -0.2) is 0 Å². The summed E-state index contributed by atoms with van der Waals surface area (Å²) in [7, 11) is 0. The van der Waals surface area contributed by atoms with Crippen molar-refractivity contribution in [2.24, 2.45) is 0 Å². The smallest absolute Gasteiger partial charge is 0.306 e. The molecular weight excluding hydrogens is 769 g/mol. The molecule has 0 aliphatic rings. The first-order valence-corrected chi connectivity index (χ1v) is 27.0. The van der Waals surface area contributed by atoms with Crippen LogP contribution in [0.2, 0.25) is 0 Å². The van der Waals surface area contributed by atoms with Crippen LogP contribution >= 0.6 is 0 Å². The average Bonchev–Trinajstić information content (AvgIpc) is 3.27. The Bertz CT molecular complexity index is 1050. The van der Waals surface area contributed by atoms with E-state index in [4.69, 9.17) is 14.2 Å². The molecule has 0 fully saturated rings. The van der Waals surface area contributed by atoms with Gasteiger partial charge >= 0.3 is 17.9 Å². The Balaban J connectivity index is 4.17. The van der Waals surface area contributed by atoms with E-state index in [0.29, 0.717) is 19.3 Å². The summed E-state index contributed by atoms with van der Waals surface area (Å²) in [6.07, 6.45) is 60.1. The Hall–Kier alpha value is -2.37. The van der Waals surface area contributed by atoms with Crippen molar-refractivity contribution in [1.29, 1.82) is 0 Å². The van der Waals surface area contributed by atoms with Crippen LogP contribution < -0.4 is 0 Å². The first-order valence-electron chi connectivity index (χ1n) is 27.0. The second kappa shape index (κ2) is 51.3. The van der Waals surface area contributed by atoms with E-state index in [0.717, 1.165) is 64.2 Å². The number of carbonyl (C=O) groups is 3. The molecule has 0 aliphatic heterocycles. The van der Waals surface area contributed by atoms with Gasteiger partial charge in [0, 0.05) is 19.3 Å². The minimum atomic E-state index is -0.769. The number of rotatable bonds is 49. The second-order valence-electron chi connectivity index (χ2n) is 18.1. The number of unbranched alkanes of at least 4 members (excludes halogenated alkanes) is 32. The molecule has 6 heteroatoms. The summed E-state index contributed by atoms with van der Waals surface area (Å²) in [5, 5.41) is 0. The van der Waals surface area contributed by atoms with Gasteiger partial charge in [-0.15, -0.1) is 0 Å². The van der Waals surface area contributed by atoms with Gasteiger partial charge in [0.05, 0.1) is 0 Å². The molecule has 0 amide bonds. The summed E-state index contributed by atoms with van der Waals surface area (Å²) < 4.78 is 16.7. The fourth-order valence-corrected chi connectivity index (χ4v) is 7.76. The Kier molecular flexibility index (Phi) is 49.3. The molecule has 0 radical (unpaired) electrons. The number of hydrogen-bond donors (Lipinski definition) is 0. The standard InChI is InChI=1S/C56H102O6/c1-4-7-10-13-16-18-20-22-24-26-28-30-32-34-36-38-40-43-46-49-55(58)61-52-53(51-60-54(57)48-45-42-15-12-9-6-3)62-56(59)50-47-44-41-39-37-35-33-31-29-27-25-23-21-19-17-14-11-8-5-2/h16,18,22-25,53H,4-15,17,19-21,26-52H2,1-3H3/b18-16-,24-22-,25-23-. The lowest BCUT2D eigenvalue weighted by Gasteiger charge is -2.18. The first-order chi connectivity index (χ1) is 30.5. The van der Waals surface area contributed by atoms with Crippen LogP contribution in [0, 0.1) is 0 Å². The van der Waals surface area contributed by atoms with Crippen LogP contribution in [0.15, 0.2) is 36.5 Å². The van der Waals surface area contributed by atoms with Gasteiger partial charge in [0.25, 0.3) is 0 Å². The van der Waals surface area contributed by atoms with Crippen molar-refractivity contribution in [2.45, 2.75) is 290 Å². The van der Waals surface area contributed by atoms with E-state index in [-0.39, 0.29) is 31.1 Å². The summed E-state index contributed by atoms with van der Waals surface area (Å²) in [4.78, 5) is 37.8. The van der Waals surface area contributed by atoms with Gasteiger partial charge in [-0.1, -0.05) is 224 Å². The van der Waals surface area contributed by atoms with E-state index >= 15 is 0 Å². The summed E-state index contributed by atoms with van der Waals surface area (Å²) in [6, 6.07) is 0. The number of esters is 3. The number of carbonyl (C=O) groups excluding carboxylic acids is 3. The van der Waals surface area contributed by atoms with Crippen LogP contribution in [0.5, 0.6) is 0 Å². The average molecular weight is 871 g/mol. The van der Waals surface area contributed by atoms with Gasteiger partial charge in [0.2, 0.25) is 0 Å². The van der Waals surface area contributed by atoms with Crippen LogP contribution in [0.4, 0.5) is 0 Å². The van der Waals surface area contributed by atoms with Gasteiger partial charge < -0.3 is 14.2 Å². The molecule has 6 nitrogen and oxygen atoms in total. The van der Waals surface area contributed by atoms with Gasteiger partial charge in [-0.3, -0.25) is 14.4 Å². The third-order valence-electron chi connectivity index (χ3n) is 11.9. The highest BCUT2D eigenvalue weighted by Gasteiger charge is 2.19. The molecule has 0 rings (SSSR count). The quantitative estimate of drug-likeness (QED) is 0.0262. The van der Waals surface area contributed by atoms with Crippen LogP contribution in [-0.2, 0) is 28.6 Å². The van der Waals surface area contributed by atoms with Gasteiger partial charge in [0.15, 0.2) is 6.10 Å².